The van der Waals surface area contributed by atoms with E-state index in [1.807, 2.05) is 0 Å². The Morgan fingerprint density at radius 3 is 1.56 bits per heavy atom. The molecule has 0 spiro atoms. The van der Waals surface area contributed by atoms with Gasteiger partial charge in [-0.25, -0.2) is 0 Å². The zero-order chi connectivity index (χ0) is 10.5. The van der Waals surface area contributed by atoms with Crippen molar-refractivity contribution in [1.82, 2.24) is 16.0 Å². The second kappa shape index (κ2) is 30.8. The molecule has 8 heteroatoms. The molecule has 0 atom stereocenters. The summed E-state index contributed by atoms with van der Waals surface area (Å²) in [6.45, 7) is 9.26. The van der Waals surface area contributed by atoms with Gasteiger partial charge in [-0.2, -0.15) is 0 Å². The fourth-order valence-corrected chi connectivity index (χ4v) is 1.17. The first-order valence-corrected chi connectivity index (χ1v) is 5.74. The largest absolute Gasteiger partial charge is 0.329 e. The van der Waals surface area contributed by atoms with E-state index in [4.69, 9.17) is 5.73 Å². The Labute approximate surface area is 137 Å². The highest BCUT2D eigenvalue weighted by Crippen LogP contribution is 1.73. The van der Waals surface area contributed by atoms with Crippen molar-refractivity contribution in [3.63, 3.8) is 0 Å². The van der Waals surface area contributed by atoms with Crippen LogP contribution in [-0.4, -0.2) is 45.8 Å². The Balaban J connectivity index is -0.000000141. The topological polar surface area (TPSA) is 62.1 Å². The molecule has 0 saturated heterocycles. The molecule has 0 aromatic carbocycles. The summed E-state index contributed by atoms with van der Waals surface area (Å²) in [5.74, 6) is 0. The Kier molecular flexibility index (Phi) is 53.7. The van der Waals surface area contributed by atoms with E-state index in [-0.39, 0.29) is 49.6 Å². The van der Waals surface area contributed by atoms with Gasteiger partial charge >= 0.3 is 0 Å². The van der Waals surface area contributed by atoms with Crippen LogP contribution in [0.5, 0.6) is 0 Å². The van der Waals surface area contributed by atoms with E-state index in [2.05, 4.69) is 22.9 Å². The SMILES string of the molecule is CCCNCCNCCCNCCN.Cl.Cl.Cl.Cl. The average Bonchev–Trinajstić information content (AvgIpc) is 2.21. The summed E-state index contributed by atoms with van der Waals surface area (Å²) in [7, 11) is 0. The van der Waals surface area contributed by atoms with Crippen LogP contribution < -0.4 is 21.7 Å². The van der Waals surface area contributed by atoms with Gasteiger partial charge in [0, 0.05) is 26.2 Å². The number of halogens is 4. The first-order valence-electron chi connectivity index (χ1n) is 5.74. The second-order valence-corrected chi connectivity index (χ2v) is 3.39. The molecule has 0 heterocycles. The number of nitrogens with two attached hydrogens (primary N) is 1. The van der Waals surface area contributed by atoms with E-state index in [9.17, 15) is 0 Å². The van der Waals surface area contributed by atoms with Crippen LogP contribution in [-0.2, 0) is 0 Å². The second-order valence-electron chi connectivity index (χ2n) is 3.39. The maximum absolute atomic E-state index is 5.35. The van der Waals surface area contributed by atoms with Crippen LogP contribution in [0.25, 0.3) is 0 Å². The fourth-order valence-electron chi connectivity index (χ4n) is 1.17. The average molecular weight is 348 g/mol. The van der Waals surface area contributed by atoms with Crippen LogP contribution in [0.4, 0.5) is 0 Å². The highest BCUT2D eigenvalue weighted by molar-refractivity contribution is 5.86. The van der Waals surface area contributed by atoms with E-state index in [1.165, 1.54) is 12.8 Å². The van der Waals surface area contributed by atoms with E-state index >= 15 is 0 Å². The molecule has 0 bridgehead atoms. The fraction of sp³-hybridized carbons (Fsp3) is 1.00. The quantitative estimate of drug-likeness (QED) is 0.424. The molecule has 0 aromatic heterocycles. The summed E-state index contributed by atoms with van der Waals surface area (Å²) in [4.78, 5) is 0. The van der Waals surface area contributed by atoms with Crippen LogP contribution >= 0.6 is 49.6 Å². The monoisotopic (exact) mass is 346 g/mol. The summed E-state index contributed by atoms with van der Waals surface area (Å²) < 4.78 is 0. The predicted molar refractivity (Wildman–Crippen MR) is 91.6 cm³/mol. The lowest BCUT2D eigenvalue weighted by Crippen LogP contribution is -2.30. The third kappa shape index (κ3) is 30.2. The van der Waals surface area contributed by atoms with Gasteiger partial charge in [0.1, 0.15) is 0 Å². The molecular formula is C10H30Cl4N4. The Bertz CT molecular complexity index is 99.9. The normalized spacial score (nSPS) is 8.33. The van der Waals surface area contributed by atoms with Crippen LogP contribution in [0, 0.1) is 0 Å². The highest BCUT2D eigenvalue weighted by Gasteiger charge is 1.88. The van der Waals surface area contributed by atoms with Crippen molar-refractivity contribution in [3.8, 4) is 0 Å². The summed E-state index contributed by atoms with van der Waals surface area (Å²) in [6, 6.07) is 0. The highest BCUT2D eigenvalue weighted by atomic mass is 35.5. The molecule has 0 saturated carbocycles. The first-order chi connectivity index (χ1) is 6.91. The molecule has 5 N–H and O–H groups in total. The van der Waals surface area contributed by atoms with Crippen molar-refractivity contribution in [2.24, 2.45) is 5.73 Å². The lowest BCUT2D eigenvalue weighted by atomic mass is 10.4. The smallest absolute Gasteiger partial charge is 0.00767 e. The molecule has 0 unspecified atom stereocenters. The molecule has 0 aromatic rings. The van der Waals surface area contributed by atoms with Gasteiger partial charge in [-0.05, 0) is 32.5 Å². The number of hydrogen-bond donors (Lipinski definition) is 4. The molecule has 0 aliphatic heterocycles. The zero-order valence-corrected chi connectivity index (χ0v) is 14.3. The minimum absolute atomic E-state index is 0. The number of nitrogens with one attached hydrogen (secondary N) is 3. The van der Waals surface area contributed by atoms with E-state index in [0.29, 0.717) is 0 Å². The third-order valence-corrected chi connectivity index (χ3v) is 1.93. The van der Waals surface area contributed by atoms with Crippen LogP contribution in [0.3, 0.4) is 0 Å². The van der Waals surface area contributed by atoms with Crippen molar-refractivity contribution in [2.45, 2.75) is 19.8 Å². The maximum Gasteiger partial charge on any atom is 0.00767 e. The lowest BCUT2D eigenvalue weighted by molar-refractivity contribution is 0.573. The molecule has 118 valence electrons. The minimum atomic E-state index is 0. The molecular weight excluding hydrogens is 318 g/mol. The third-order valence-electron chi connectivity index (χ3n) is 1.93. The van der Waals surface area contributed by atoms with Crippen molar-refractivity contribution in [1.29, 1.82) is 0 Å². The zero-order valence-electron chi connectivity index (χ0n) is 11.1. The van der Waals surface area contributed by atoms with Gasteiger partial charge in [0.2, 0.25) is 0 Å². The molecule has 4 nitrogen and oxygen atoms in total. The maximum atomic E-state index is 5.35. The van der Waals surface area contributed by atoms with Crippen molar-refractivity contribution < 1.29 is 0 Å². The first kappa shape index (κ1) is 31.4. The minimum Gasteiger partial charge on any atom is -0.329 e. The van der Waals surface area contributed by atoms with Gasteiger partial charge in [0.25, 0.3) is 0 Å². The van der Waals surface area contributed by atoms with E-state index in [1.54, 1.807) is 0 Å². The summed E-state index contributed by atoms with van der Waals surface area (Å²) in [5.41, 5.74) is 5.35. The molecule has 0 aliphatic carbocycles. The molecule has 0 fully saturated rings. The predicted octanol–water partition coefficient (Wildman–Crippen LogP) is 1.20. The standard InChI is InChI=1S/C10H26N4.4ClH/c1-2-5-12-9-10-14-7-3-6-13-8-4-11;;;;/h12-14H,2-11H2,1H3;4*1H. The molecule has 0 aliphatic rings. The summed E-state index contributed by atoms with van der Waals surface area (Å²) in [5, 5.41) is 10.0. The van der Waals surface area contributed by atoms with Crippen LogP contribution in [0.2, 0.25) is 0 Å². The van der Waals surface area contributed by atoms with E-state index in [0.717, 1.165) is 45.8 Å². The van der Waals surface area contributed by atoms with Crippen LogP contribution in [0.1, 0.15) is 19.8 Å². The van der Waals surface area contributed by atoms with Gasteiger partial charge in [-0.1, -0.05) is 6.92 Å². The van der Waals surface area contributed by atoms with Crippen molar-refractivity contribution in [3.05, 3.63) is 0 Å². The van der Waals surface area contributed by atoms with E-state index < -0.39 is 0 Å². The lowest BCUT2D eigenvalue weighted by Gasteiger charge is -2.06. The molecule has 0 radical (unpaired) electrons. The summed E-state index contributed by atoms with van der Waals surface area (Å²) >= 11 is 0. The van der Waals surface area contributed by atoms with Crippen LogP contribution in [0.15, 0.2) is 0 Å². The molecule has 18 heavy (non-hydrogen) atoms. The van der Waals surface area contributed by atoms with Gasteiger partial charge in [-0.15, -0.1) is 49.6 Å². The molecule has 0 amide bonds. The van der Waals surface area contributed by atoms with Crippen molar-refractivity contribution >= 4 is 49.6 Å². The van der Waals surface area contributed by atoms with Gasteiger partial charge in [-0.3, -0.25) is 0 Å². The van der Waals surface area contributed by atoms with Gasteiger partial charge in [0.15, 0.2) is 0 Å². The van der Waals surface area contributed by atoms with Crippen molar-refractivity contribution in [2.75, 3.05) is 45.8 Å². The Morgan fingerprint density at radius 2 is 1.11 bits per heavy atom. The Hall–Kier alpha value is 1.00. The molecule has 0 rings (SSSR count). The summed E-state index contributed by atoms with van der Waals surface area (Å²) in [6.07, 6.45) is 2.39. The number of rotatable bonds is 11. The number of hydrogen-bond acceptors (Lipinski definition) is 4. The van der Waals surface area contributed by atoms with Gasteiger partial charge < -0.3 is 21.7 Å². The Morgan fingerprint density at radius 1 is 0.667 bits per heavy atom. The van der Waals surface area contributed by atoms with Gasteiger partial charge in [0.05, 0.1) is 0 Å².